The molecule has 1 aliphatic heterocycles. The van der Waals surface area contributed by atoms with E-state index in [1.807, 2.05) is 12.1 Å². The molecule has 18 heavy (non-hydrogen) atoms. The van der Waals surface area contributed by atoms with Crippen LogP contribution in [-0.2, 0) is 0 Å². The minimum atomic E-state index is -0.208. The van der Waals surface area contributed by atoms with Crippen LogP contribution in [0.1, 0.15) is 20.3 Å². The SMILES string of the molecule is CC1(C)CN(c2ccc(F)cc2)CC(CCO)N1. The van der Waals surface area contributed by atoms with E-state index in [4.69, 9.17) is 5.11 Å². The summed E-state index contributed by atoms with van der Waals surface area (Å²) in [5.41, 5.74) is 1.03. The number of hydrogen-bond acceptors (Lipinski definition) is 3. The molecule has 1 saturated heterocycles. The van der Waals surface area contributed by atoms with E-state index < -0.39 is 0 Å². The van der Waals surface area contributed by atoms with E-state index in [0.717, 1.165) is 25.2 Å². The Balaban J connectivity index is 2.14. The van der Waals surface area contributed by atoms with Crippen LogP contribution in [0.15, 0.2) is 24.3 Å². The van der Waals surface area contributed by atoms with Gasteiger partial charge in [0.2, 0.25) is 0 Å². The minimum absolute atomic E-state index is 0.00747. The van der Waals surface area contributed by atoms with Crippen LogP contribution in [0.3, 0.4) is 0 Å². The molecule has 0 spiro atoms. The Bertz CT molecular complexity index is 391. The van der Waals surface area contributed by atoms with Crippen molar-refractivity contribution in [2.24, 2.45) is 0 Å². The van der Waals surface area contributed by atoms with E-state index in [2.05, 4.69) is 24.1 Å². The molecule has 4 heteroatoms. The summed E-state index contributed by atoms with van der Waals surface area (Å²) in [7, 11) is 0. The highest BCUT2D eigenvalue weighted by Crippen LogP contribution is 2.22. The molecule has 0 aliphatic carbocycles. The normalized spacial score (nSPS) is 23.1. The second-order valence-electron chi connectivity index (χ2n) is 5.59. The zero-order chi connectivity index (χ0) is 13.2. The molecule has 1 atom stereocenters. The third-order valence-corrected chi connectivity index (χ3v) is 3.29. The number of nitrogens with one attached hydrogen (secondary N) is 1. The highest BCUT2D eigenvalue weighted by molar-refractivity contribution is 5.47. The standard InChI is InChI=1S/C14H21FN2O/c1-14(2)10-17(9-12(16-14)7-8-18)13-5-3-11(15)4-6-13/h3-6,12,16,18H,7-10H2,1-2H3. The predicted octanol–water partition coefficient (Wildman–Crippen LogP) is 1.76. The average molecular weight is 252 g/mol. The van der Waals surface area contributed by atoms with E-state index in [1.165, 1.54) is 12.1 Å². The minimum Gasteiger partial charge on any atom is -0.396 e. The van der Waals surface area contributed by atoms with Crippen molar-refractivity contribution >= 4 is 5.69 Å². The maximum absolute atomic E-state index is 12.9. The van der Waals surface area contributed by atoms with Crippen molar-refractivity contribution < 1.29 is 9.50 Å². The summed E-state index contributed by atoms with van der Waals surface area (Å²) < 4.78 is 12.9. The largest absolute Gasteiger partial charge is 0.396 e. The first-order valence-electron chi connectivity index (χ1n) is 6.39. The second kappa shape index (κ2) is 5.24. The summed E-state index contributed by atoms with van der Waals surface area (Å²) >= 11 is 0. The first-order chi connectivity index (χ1) is 8.50. The molecule has 0 radical (unpaired) electrons. The molecule has 100 valence electrons. The monoisotopic (exact) mass is 252 g/mol. The van der Waals surface area contributed by atoms with E-state index >= 15 is 0 Å². The van der Waals surface area contributed by atoms with Gasteiger partial charge in [0.25, 0.3) is 0 Å². The Morgan fingerprint density at radius 1 is 1.39 bits per heavy atom. The Morgan fingerprint density at radius 3 is 2.67 bits per heavy atom. The zero-order valence-corrected chi connectivity index (χ0v) is 11.0. The van der Waals surface area contributed by atoms with Gasteiger partial charge in [0, 0.05) is 37.0 Å². The summed E-state index contributed by atoms with van der Waals surface area (Å²) in [6.45, 7) is 6.20. The fraction of sp³-hybridized carbons (Fsp3) is 0.571. The number of aliphatic hydroxyl groups excluding tert-OH is 1. The van der Waals surface area contributed by atoms with Gasteiger partial charge < -0.3 is 15.3 Å². The number of piperazine rings is 1. The summed E-state index contributed by atoms with van der Waals surface area (Å²) in [6.07, 6.45) is 0.737. The van der Waals surface area contributed by atoms with Crippen molar-refractivity contribution in [3.05, 3.63) is 30.1 Å². The molecule has 3 nitrogen and oxygen atoms in total. The van der Waals surface area contributed by atoms with E-state index in [0.29, 0.717) is 0 Å². The highest BCUT2D eigenvalue weighted by Gasteiger charge is 2.31. The maximum Gasteiger partial charge on any atom is 0.123 e. The third kappa shape index (κ3) is 3.21. The molecule has 1 aromatic carbocycles. The number of benzene rings is 1. The van der Waals surface area contributed by atoms with E-state index in [-0.39, 0.29) is 24.0 Å². The molecule has 1 unspecified atom stereocenters. The maximum atomic E-state index is 12.9. The zero-order valence-electron chi connectivity index (χ0n) is 11.0. The summed E-state index contributed by atoms with van der Waals surface area (Å²) in [5, 5.41) is 12.6. The van der Waals surface area contributed by atoms with Crippen molar-refractivity contribution in [2.75, 3.05) is 24.6 Å². The lowest BCUT2D eigenvalue weighted by Crippen LogP contribution is -2.62. The van der Waals surface area contributed by atoms with Gasteiger partial charge in [0.15, 0.2) is 0 Å². The molecular formula is C14H21FN2O. The molecular weight excluding hydrogens is 231 g/mol. The lowest BCUT2D eigenvalue weighted by molar-refractivity contribution is 0.224. The highest BCUT2D eigenvalue weighted by atomic mass is 19.1. The molecule has 2 N–H and O–H groups in total. The van der Waals surface area contributed by atoms with Crippen LogP contribution < -0.4 is 10.2 Å². The first kappa shape index (κ1) is 13.3. The quantitative estimate of drug-likeness (QED) is 0.860. The van der Waals surface area contributed by atoms with Gasteiger partial charge in [0.05, 0.1) is 0 Å². The van der Waals surface area contributed by atoms with E-state index in [9.17, 15) is 4.39 Å². The van der Waals surface area contributed by atoms with Crippen molar-refractivity contribution in [1.29, 1.82) is 0 Å². The topological polar surface area (TPSA) is 35.5 Å². The van der Waals surface area contributed by atoms with Crippen LogP contribution in [0.4, 0.5) is 10.1 Å². The third-order valence-electron chi connectivity index (χ3n) is 3.29. The lowest BCUT2D eigenvalue weighted by Gasteiger charge is -2.45. The van der Waals surface area contributed by atoms with E-state index in [1.54, 1.807) is 0 Å². The van der Waals surface area contributed by atoms with Crippen molar-refractivity contribution in [2.45, 2.75) is 31.8 Å². The number of aliphatic hydroxyl groups is 1. The first-order valence-corrected chi connectivity index (χ1v) is 6.39. The van der Waals surface area contributed by atoms with Crippen LogP contribution in [0.25, 0.3) is 0 Å². The average Bonchev–Trinajstić information content (AvgIpc) is 2.28. The Hall–Kier alpha value is -1.13. The van der Waals surface area contributed by atoms with Gasteiger partial charge in [-0.2, -0.15) is 0 Å². The molecule has 1 aliphatic rings. The molecule has 0 amide bonds. The van der Waals surface area contributed by atoms with Crippen LogP contribution in [0, 0.1) is 5.82 Å². The number of nitrogens with zero attached hydrogens (tertiary/aromatic N) is 1. The lowest BCUT2D eigenvalue weighted by atomic mass is 9.96. The van der Waals surface area contributed by atoms with Gasteiger partial charge in [-0.15, -0.1) is 0 Å². The van der Waals surface area contributed by atoms with Crippen molar-refractivity contribution in [1.82, 2.24) is 5.32 Å². The summed E-state index contributed by atoms with van der Waals surface area (Å²) in [5.74, 6) is -0.208. The van der Waals surface area contributed by atoms with Gasteiger partial charge in [-0.1, -0.05) is 0 Å². The predicted molar refractivity (Wildman–Crippen MR) is 71.3 cm³/mol. The molecule has 1 heterocycles. The number of halogens is 1. The molecule has 1 aromatic rings. The van der Waals surface area contributed by atoms with Crippen LogP contribution >= 0.6 is 0 Å². The summed E-state index contributed by atoms with van der Waals surface area (Å²) in [4.78, 5) is 2.25. The van der Waals surface area contributed by atoms with Crippen molar-refractivity contribution in [3.8, 4) is 0 Å². The van der Waals surface area contributed by atoms with Crippen LogP contribution in [0.2, 0.25) is 0 Å². The number of anilines is 1. The Kier molecular flexibility index (Phi) is 3.88. The van der Waals surface area contributed by atoms with Gasteiger partial charge in [-0.05, 0) is 44.5 Å². The van der Waals surface area contributed by atoms with Gasteiger partial charge in [0.1, 0.15) is 5.82 Å². The van der Waals surface area contributed by atoms with Crippen LogP contribution in [0.5, 0.6) is 0 Å². The summed E-state index contributed by atoms with van der Waals surface area (Å²) in [6, 6.07) is 6.87. The Labute approximate surface area is 108 Å². The smallest absolute Gasteiger partial charge is 0.123 e. The molecule has 0 saturated carbocycles. The van der Waals surface area contributed by atoms with Crippen LogP contribution in [-0.4, -0.2) is 36.4 Å². The number of rotatable bonds is 3. The Morgan fingerprint density at radius 2 is 2.06 bits per heavy atom. The fourth-order valence-electron chi connectivity index (χ4n) is 2.62. The molecule has 0 aromatic heterocycles. The molecule has 2 rings (SSSR count). The second-order valence-corrected chi connectivity index (χ2v) is 5.59. The van der Waals surface area contributed by atoms with Crippen molar-refractivity contribution in [3.63, 3.8) is 0 Å². The molecule has 0 bridgehead atoms. The fourth-order valence-corrected chi connectivity index (χ4v) is 2.62. The van der Waals surface area contributed by atoms with Gasteiger partial charge >= 0.3 is 0 Å². The van der Waals surface area contributed by atoms with Gasteiger partial charge in [-0.25, -0.2) is 4.39 Å². The molecule has 1 fully saturated rings. The van der Waals surface area contributed by atoms with Gasteiger partial charge in [-0.3, -0.25) is 0 Å². The number of hydrogen-bond donors (Lipinski definition) is 2.